The van der Waals surface area contributed by atoms with E-state index in [1.54, 1.807) is 52.8 Å². The molecule has 132 valence electrons. The second-order valence-corrected chi connectivity index (χ2v) is 6.58. The topological polar surface area (TPSA) is 84.9 Å². The number of benzene rings is 1. The van der Waals surface area contributed by atoms with Gasteiger partial charge in [-0.2, -0.15) is 0 Å². The molecule has 6 heteroatoms. The van der Waals surface area contributed by atoms with Crippen molar-refractivity contribution in [2.45, 2.75) is 52.9 Å². The lowest BCUT2D eigenvalue weighted by Crippen LogP contribution is -2.32. The van der Waals surface area contributed by atoms with Crippen LogP contribution in [0.25, 0.3) is 6.08 Å². The number of hydrogen-bond acceptors (Lipinski definition) is 4. The van der Waals surface area contributed by atoms with Crippen LogP contribution in [0.2, 0.25) is 0 Å². The van der Waals surface area contributed by atoms with Gasteiger partial charge in [-0.3, -0.25) is 0 Å². The number of ether oxygens (including phenoxy) is 2. The Bertz CT molecular complexity index is 614. The van der Waals surface area contributed by atoms with E-state index < -0.39 is 17.7 Å². The van der Waals surface area contributed by atoms with Gasteiger partial charge in [0.2, 0.25) is 5.76 Å². The molecule has 1 amide bonds. The summed E-state index contributed by atoms with van der Waals surface area (Å²) < 4.78 is 10.5. The number of hydrogen-bond donors (Lipinski definition) is 2. The van der Waals surface area contributed by atoms with Crippen LogP contribution in [0.1, 0.15) is 45.7 Å². The van der Waals surface area contributed by atoms with E-state index in [1.807, 2.05) is 6.07 Å². The highest BCUT2D eigenvalue weighted by atomic mass is 16.6. The van der Waals surface area contributed by atoms with E-state index in [4.69, 9.17) is 9.47 Å². The predicted molar refractivity (Wildman–Crippen MR) is 91.3 cm³/mol. The lowest BCUT2D eigenvalue weighted by atomic mass is 10.1. The summed E-state index contributed by atoms with van der Waals surface area (Å²) in [5.41, 5.74) is 0.944. The molecule has 0 aliphatic heterocycles. The van der Waals surface area contributed by atoms with Crippen LogP contribution in [-0.4, -0.2) is 28.9 Å². The molecule has 0 bridgehead atoms. The number of amides is 1. The molecule has 24 heavy (non-hydrogen) atoms. The molecule has 0 aromatic heterocycles. The molecule has 0 aliphatic carbocycles. The standard InChI is InChI=1S/C18H25NO5/c1-12(2)23-15(16(20)21)10-13-7-6-8-14(9-13)11-19-17(22)24-18(3,4)5/h6-10,12H,11H2,1-5H3,(H,19,22)(H,20,21)/b15-10-. The zero-order valence-electron chi connectivity index (χ0n) is 14.8. The van der Waals surface area contributed by atoms with Crippen molar-refractivity contribution in [3.63, 3.8) is 0 Å². The monoisotopic (exact) mass is 335 g/mol. The van der Waals surface area contributed by atoms with Crippen molar-refractivity contribution in [1.29, 1.82) is 0 Å². The summed E-state index contributed by atoms with van der Waals surface area (Å²) in [7, 11) is 0. The van der Waals surface area contributed by atoms with Crippen molar-refractivity contribution in [3.8, 4) is 0 Å². The van der Waals surface area contributed by atoms with Crippen molar-refractivity contribution < 1.29 is 24.2 Å². The fourth-order valence-electron chi connectivity index (χ4n) is 1.83. The number of aliphatic carboxylic acids is 1. The van der Waals surface area contributed by atoms with Crippen LogP contribution in [0.5, 0.6) is 0 Å². The Kier molecular flexibility index (Phi) is 6.82. The molecule has 0 heterocycles. The van der Waals surface area contributed by atoms with E-state index in [-0.39, 0.29) is 18.4 Å². The van der Waals surface area contributed by atoms with Crippen LogP contribution in [0.4, 0.5) is 4.79 Å². The summed E-state index contributed by atoms with van der Waals surface area (Å²) in [6.45, 7) is 9.18. The van der Waals surface area contributed by atoms with E-state index in [9.17, 15) is 14.7 Å². The first-order chi connectivity index (χ1) is 11.1. The fraction of sp³-hybridized carbons (Fsp3) is 0.444. The molecule has 0 aliphatic rings. The molecule has 2 N–H and O–H groups in total. The molecule has 0 radical (unpaired) electrons. The minimum atomic E-state index is -1.12. The van der Waals surface area contributed by atoms with Gasteiger partial charge in [-0.25, -0.2) is 9.59 Å². The van der Waals surface area contributed by atoms with Crippen LogP contribution in [0.15, 0.2) is 30.0 Å². The number of carboxylic acid groups (broad SMARTS) is 1. The molecule has 1 aromatic rings. The molecule has 0 unspecified atom stereocenters. The van der Waals surface area contributed by atoms with E-state index >= 15 is 0 Å². The average molecular weight is 335 g/mol. The van der Waals surface area contributed by atoms with Gasteiger partial charge in [0.15, 0.2) is 0 Å². The Balaban J connectivity index is 2.79. The first-order valence-corrected chi connectivity index (χ1v) is 7.74. The molecular weight excluding hydrogens is 310 g/mol. The largest absolute Gasteiger partial charge is 0.484 e. The van der Waals surface area contributed by atoms with Gasteiger partial charge < -0.3 is 19.9 Å². The maximum Gasteiger partial charge on any atom is 0.407 e. The van der Waals surface area contributed by atoms with Crippen LogP contribution >= 0.6 is 0 Å². The SMILES string of the molecule is CC(C)O/C(=C\c1cccc(CNC(=O)OC(C)(C)C)c1)C(=O)O. The third-order valence-electron chi connectivity index (χ3n) is 2.66. The van der Waals surface area contributed by atoms with Crippen molar-refractivity contribution in [3.05, 3.63) is 41.2 Å². The van der Waals surface area contributed by atoms with E-state index in [0.717, 1.165) is 5.56 Å². The molecule has 1 aromatic carbocycles. The average Bonchev–Trinajstić information content (AvgIpc) is 2.42. The van der Waals surface area contributed by atoms with E-state index in [0.29, 0.717) is 5.56 Å². The second-order valence-electron chi connectivity index (χ2n) is 6.58. The predicted octanol–water partition coefficient (Wildman–Crippen LogP) is 3.56. The highest BCUT2D eigenvalue weighted by molar-refractivity contribution is 5.89. The van der Waals surface area contributed by atoms with Gasteiger partial charge in [-0.15, -0.1) is 0 Å². The number of carboxylic acids is 1. The van der Waals surface area contributed by atoms with Crippen LogP contribution in [0.3, 0.4) is 0 Å². The maximum atomic E-state index is 11.7. The Morgan fingerprint density at radius 2 is 1.96 bits per heavy atom. The van der Waals surface area contributed by atoms with Crippen molar-refractivity contribution in [1.82, 2.24) is 5.32 Å². The number of carbonyl (C=O) groups excluding carboxylic acids is 1. The van der Waals surface area contributed by atoms with E-state index in [1.165, 1.54) is 6.08 Å². The Labute approximate surface area is 142 Å². The van der Waals surface area contributed by atoms with Gasteiger partial charge in [-0.05, 0) is 57.9 Å². The van der Waals surface area contributed by atoms with Crippen LogP contribution < -0.4 is 5.32 Å². The quantitative estimate of drug-likeness (QED) is 0.613. The molecule has 1 rings (SSSR count). The minimum Gasteiger partial charge on any atom is -0.484 e. The zero-order chi connectivity index (χ0) is 18.3. The van der Waals surface area contributed by atoms with Crippen LogP contribution in [0, 0.1) is 0 Å². The van der Waals surface area contributed by atoms with Crippen molar-refractivity contribution in [2.75, 3.05) is 0 Å². The summed E-state index contributed by atoms with van der Waals surface area (Å²) in [5, 5.41) is 11.8. The minimum absolute atomic E-state index is 0.123. The summed E-state index contributed by atoms with van der Waals surface area (Å²) in [6.07, 6.45) is 0.724. The Morgan fingerprint density at radius 1 is 1.29 bits per heavy atom. The molecule has 0 atom stereocenters. The lowest BCUT2D eigenvalue weighted by molar-refractivity contribution is -0.137. The number of nitrogens with one attached hydrogen (secondary N) is 1. The smallest absolute Gasteiger partial charge is 0.407 e. The highest BCUT2D eigenvalue weighted by Crippen LogP contribution is 2.13. The molecule has 0 fully saturated rings. The summed E-state index contributed by atoms with van der Waals surface area (Å²) in [5.74, 6) is -1.25. The third kappa shape index (κ3) is 7.67. The van der Waals surface area contributed by atoms with E-state index in [2.05, 4.69) is 5.32 Å². The molecular formula is C18H25NO5. The summed E-state index contributed by atoms with van der Waals surface area (Å²) in [6, 6.07) is 7.17. The molecule has 0 spiro atoms. The highest BCUT2D eigenvalue weighted by Gasteiger charge is 2.15. The number of alkyl carbamates (subject to hydrolysis) is 1. The van der Waals surface area contributed by atoms with Crippen molar-refractivity contribution >= 4 is 18.1 Å². The van der Waals surface area contributed by atoms with Gasteiger partial charge in [0.1, 0.15) is 5.60 Å². The Morgan fingerprint density at radius 3 is 2.50 bits per heavy atom. The van der Waals surface area contributed by atoms with Crippen LogP contribution in [-0.2, 0) is 20.8 Å². The van der Waals surface area contributed by atoms with Gasteiger partial charge in [0.25, 0.3) is 0 Å². The molecule has 0 saturated carbocycles. The maximum absolute atomic E-state index is 11.7. The van der Waals surface area contributed by atoms with Gasteiger partial charge >= 0.3 is 12.1 Å². The first-order valence-electron chi connectivity index (χ1n) is 7.74. The number of rotatable bonds is 6. The summed E-state index contributed by atoms with van der Waals surface area (Å²) in [4.78, 5) is 22.9. The lowest BCUT2D eigenvalue weighted by Gasteiger charge is -2.19. The Hall–Kier alpha value is -2.50. The fourth-order valence-corrected chi connectivity index (χ4v) is 1.83. The normalized spacial score (nSPS) is 12.0. The third-order valence-corrected chi connectivity index (χ3v) is 2.66. The molecule has 6 nitrogen and oxygen atoms in total. The zero-order valence-corrected chi connectivity index (χ0v) is 14.8. The second kappa shape index (κ2) is 8.38. The van der Waals surface area contributed by atoms with Crippen molar-refractivity contribution in [2.24, 2.45) is 0 Å². The number of carbonyl (C=O) groups is 2. The molecule has 0 saturated heterocycles. The summed E-state index contributed by atoms with van der Waals surface area (Å²) >= 11 is 0. The van der Waals surface area contributed by atoms with Gasteiger partial charge in [-0.1, -0.05) is 18.2 Å². The first kappa shape index (κ1) is 19.5. The van der Waals surface area contributed by atoms with Gasteiger partial charge in [0, 0.05) is 6.54 Å². The van der Waals surface area contributed by atoms with Gasteiger partial charge in [0.05, 0.1) is 6.10 Å².